The summed E-state index contributed by atoms with van der Waals surface area (Å²) < 4.78 is 0. The maximum absolute atomic E-state index is 12.4. The minimum absolute atomic E-state index is 0.183. The topological polar surface area (TPSA) is 63.2 Å². The molecule has 0 saturated heterocycles. The predicted octanol–water partition coefficient (Wildman–Crippen LogP) is 2.91. The highest BCUT2D eigenvalue weighted by molar-refractivity contribution is 6.40. The monoisotopic (exact) mass is 325 g/mol. The Labute approximate surface area is 142 Å². The van der Waals surface area contributed by atoms with Crippen LogP contribution in [-0.2, 0) is 9.59 Å². The number of carbonyl (C=O) groups is 3. The molecule has 0 spiro atoms. The fourth-order valence-electron chi connectivity index (χ4n) is 5.53. The zero-order chi connectivity index (χ0) is 16.7. The van der Waals surface area contributed by atoms with E-state index in [2.05, 4.69) is 5.32 Å². The van der Waals surface area contributed by atoms with Gasteiger partial charge in [0, 0.05) is 11.1 Å². The molecular weight excluding hydrogens is 302 g/mol. The predicted molar refractivity (Wildman–Crippen MR) is 89.4 cm³/mol. The van der Waals surface area contributed by atoms with E-state index in [4.69, 9.17) is 0 Å². The highest BCUT2D eigenvalue weighted by Gasteiger charge is 2.51. The van der Waals surface area contributed by atoms with E-state index >= 15 is 0 Å². The second-order valence-electron chi connectivity index (χ2n) is 8.04. The third-order valence-corrected chi connectivity index (χ3v) is 6.09. The molecule has 5 rings (SSSR count). The number of hydrogen-bond donors (Lipinski definition) is 1. The van der Waals surface area contributed by atoms with Gasteiger partial charge >= 0.3 is 0 Å². The number of nitrogens with one attached hydrogen (secondary N) is 1. The maximum Gasteiger partial charge on any atom is 0.288 e. The highest BCUT2D eigenvalue weighted by atomic mass is 16.2. The van der Waals surface area contributed by atoms with E-state index in [1.54, 1.807) is 24.3 Å². The smallest absolute Gasteiger partial charge is 0.288 e. The second kappa shape index (κ2) is 5.83. The average molecular weight is 325 g/mol. The number of hydrogen-bond acceptors (Lipinski definition) is 3. The summed E-state index contributed by atoms with van der Waals surface area (Å²) >= 11 is 0. The number of Topliss-reactive ketones (excluding diaryl/α,β-unsaturated/α-hetero) is 2. The first kappa shape index (κ1) is 15.6. The molecule has 4 heteroatoms. The third kappa shape index (κ3) is 2.90. The quantitative estimate of drug-likeness (QED) is 0.514. The molecule has 4 bridgehead atoms. The standard InChI is InChI=1S/C20H23NO3/c22-17(16-4-2-1-3-5-16)9-18(23)19(24)21-20-10-13-6-14(11-20)8-15(7-13)12-20/h1-5,13-15H,6-12H2,(H,21,24). The molecule has 4 aliphatic carbocycles. The van der Waals surface area contributed by atoms with Crippen molar-refractivity contribution in [1.29, 1.82) is 0 Å². The van der Waals surface area contributed by atoms with Crippen LogP contribution in [0.25, 0.3) is 0 Å². The Balaban J connectivity index is 1.39. The molecule has 4 nitrogen and oxygen atoms in total. The van der Waals surface area contributed by atoms with Crippen LogP contribution in [0.4, 0.5) is 0 Å². The number of benzene rings is 1. The Kier molecular flexibility index (Phi) is 3.78. The summed E-state index contributed by atoms with van der Waals surface area (Å²) in [7, 11) is 0. The first-order valence-corrected chi connectivity index (χ1v) is 8.97. The van der Waals surface area contributed by atoms with Gasteiger partial charge in [-0.15, -0.1) is 0 Å². The van der Waals surface area contributed by atoms with Gasteiger partial charge in [0.25, 0.3) is 5.91 Å². The van der Waals surface area contributed by atoms with Gasteiger partial charge < -0.3 is 5.32 Å². The van der Waals surface area contributed by atoms with Gasteiger partial charge in [0.1, 0.15) is 0 Å². The third-order valence-electron chi connectivity index (χ3n) is 6.09. The normalized spacial score (nSPS) is 33.2. The van der Waals surface area contributed by atoms with Gasteiger partial charge in [-0.1, -0.05) is 30.3 Å². The molecule has 4 fully saturated rings. The van der Waals surface area contributed by atoms with Crippen molar-refractivity contribution >= 4 is 17.5 Å². The lowest BCUT2D eigenvalue weighted by molar-refractivity contribution is -0.141. The van der Waals surface area contributed by atoms with Crippen LogP contribution in [0.2, 0.25) is 0 Å². The minimum Gasteiger partial charge on any atom is -0.344 e. The zero-order valence-electron chi connectivity index (χ0n) is 13.8. The SMILES string of the molecule is O=C(CC(=O)c1ccccc1)C(=O)NC12CC3CC(CC(C3)C1)C2. The van der Waals surface area contributed by atoms with Crippen molar-refractivity contribution in [1.82, 2.24) is 5.32 Å². The summed E-state index contributed by atoms with van der Waals surface area (Å²) in [5, 5.41) is 3.04. The molecule has 1 aromatic rings. The van der Waals surface area contributed by atoms with Crippen molar-refractivity contribution < 1.29 is 14.4 Å². The van der Waals surface area contributed by atoms with Gasteiger partial charge in [-0.25, -0.2) is 0 Å². The molecule has 0 radical (unpaired) electrons. The lowest BCUT2D eigenvalue weighted by Gasteiger charge is -2.56. The molecule has 0 heterocycles. The van der Waals surface area contributed by atoms with Crippen LogP contribution >= 0.6 is 0 Å². The van der Waals surface area contributed by atoms with Gasteiger partial charge in [-0.2, -0.15) is 0 Å². The molecular formula is C20H23NO3. The zero-order valence-corrected chi connectivity index (χ0v) is 13.8. The van der Waals surface area contributed by atoms with Crippen molar-refractivity contribution in [2.75, 3.05) is 0 Å². The summed E-state index contributed by atoms with van der Waals surface area (Å²) in [5.74, 6) is 0.648. The highest BCUT2D eigenvalue weighted by Crippen LogP contribution is 2.55. The van der Waals surface area contributed by atoms with Crippen LogP contribution in [0.1, 0.15) is 55.3 Å². The fourth-order valence-corrected chi connectivity index (χ4v) is 5.53. The molecule has 1 aromatic carbocycles. The average Bonchev–Trinajstić information content (AvgIpc) is 2.53. The van der Waals surface area contributed by atoms with Crippen LogP contribution in [0.3, 0.4) is 0 Å². The van der Waals surface area contributed by atoms with E-state index in [0.29, 0.717) is 23.3 Å². The van der Waals surface area contributed by atoms with Gasteiger partial charge in [0.2, 0.25) is 5.78 Å². The summed E-state index contributed by atoms with van der Waals surface area (Å²) in [6, 6.07) is 8.68. The summed E-state index contributed by atoms with van der Waals surface area (Å²) in [6.45, 7) is 0. The summed E-state index contributed by atoms with van der Waals surface area (Å²) in [6.07, 6.45) is 6.53. The van der Waals surface area contributed by atoms with Gasteiger partial charge in [-0.05, 0) is 56.3 Å². The first-order valence-electron chi connectivity index (χ1n) is 8.97. The van der Waals surface area contributed by atoms with Gasteiger partial charge in [0.05, 0.1) is 6.42 Å². The van der Waals surface area contributed by atoms with E-state index in [0.717, 1.165) is 19.3 Å². The molecule has 0 aliphatic heterocycles. The molecule has 126 valence electrons. The molecule has 0 unspecified atom stereocenters. The van der Waals surface area contributed by atoms with Crippen LogP contribution in [0.15, 0.2) is 30.3 Å². The maximum atomic E-state index is 12.4. The number of carbonyl (C=O) groups excluding carboxylic acids is 3. The Morgan fingerprint density at radius 1 is 0.917 bits per heavy atom. The molecule has 1 N–H and O–H groups in total. The number of rotatable bonds is 5. The molecule has 24 heavy (non-hydrogen) atoms. The fraction of sp³-hybridized carbons (Fsp3) is 0.550. The largest absolute Gasteiger partial charge is 0.344 e. The number of ketones is 2. The molecule has 4 aliphatic rings. The van der Waals surface area contributed by atoms with Crippen LogP contribution in [-0.4, -0.2) is 23.0 Å². The number of amides is 1. The van der Waals surface area contributed by atoms with E-state index in [-0.39, 0.29) is 17.7 Å². The minimum atomic E-state index is -0.611. The first-order chi connectivity index (χ1) is 11.5. The molecule has 0 atom stereocenters. The van der Waals surface area contributed by atoms with Crippen LogP contribution in [0, 0.1) is 17.8 Å². The van der Waals surface area contributed by atoms with Gasteiger partial charge in [0.15, 0.2) is 5.78 Å². The Bertz CT molecular complexity index is 644. The Morgan fingerprint density at radius 3 is 2.00 bits per heavy atom. The second-order valence-corrected chi connectivity index (χ2v) is 8.04. The Hall–Kier alpha value is -1.97. The van der Waals surface area contributed by atoms with E-state index < -0.39 is 11.7 Å². The van der Waals surface area contributed by atoms with E-state index in [1.165, 1.54) is 19.3 Å². The van der Waals surface area contributed by atoms with E-state index in [9.17, 15) is 14.4 Å². The van der Waals surface area contributed by atoms with Crippen LogP contribution in [0.5, 0.6) is 0 Å². The van der Waals surface area contributed by atoms with Crippen molar-refractivity contribution in [3.63, 3.8) is 0 Å². The summed E-state index contributed by atoms with van der Waals surface area (Å²) in [4.78, 5) is 36.7. The van der Waals surface area contributed by atoms with E-state index in [1.807, 2.05) is 6.07 Å². The summed E-state index contributed by atoms with van der Waals surface area (Å²) in [5.41, 5.74) is 0.297. The van der Waals surface area contributed by atoms with Gasteiger partial charge in [-0.3, -0.25) is 14.4 Å². The molecule has 0 aromatic heterocycles. The lowest BCUT2D eigenvalue weighted by Crippen LogP contribution is -2.60. The van der Waals surface area contributed by atoms with Crippen LogP contribution < -0.4 is 5.32 Å². The van der Waals surface area contributed by atoms with Crippen molar-refractivity contribution in [2.24, 2.45) is 17.8 Å². The lowest BCUT2D eigenvalue weighted by atomic mass is 9.53. The van der Waals surface area contributed by atoms with Crippen molar-refractivity contribution in [3.05, 3.63) is 35.9 Å². The Morgan fingerprint density at radius 2 is 1.46 bits per heavy atom. The van der Waals surface area contributed by atoms with Crippen molar-refractivity contribution in [3.8, 4) is 0 Å². The van der Waals surface area contributed by atoms with Crippen molar-refractivity contribution in [2.45, 2.75) is 50.5 Å². The molecule has 4 saturated carbocycles. The molecule has 1 amide bonds.